The first-order valence-corrected chi connectivity index (χ1v) is 12.5. The number of aryl methyl sites for hydroxylation is 2. The molecule has 3 aromatic rings. The molecule has 1 aliphatic rings. The third kappa shape index (κ3) is 4.50. The van der Waals surface area contributed by atoms with Gasteiger partial charge in [-0.05, 0) is 44.6 Å². The number of aromatic amines is 1. The molecule has 4 rings (SSSR count). The van der Waals surface area contributed by atoms with Gasteiger partial charge in [-0.25, -0.2) is 8.42 Å². The van der Waals surface area contributed by atoms with Gasteiger partial charge in [-0.3, -0.25) is 14.2 Å². The Bertz CT molecular complexity index is 1400. The van der Waals surface area contributed by atoms with Crippen molar-refractivity contribution < 1.29 is 17.7 Å². The Balaban J connectivity index is 1.44. The van der Waals surface area contributed by atoms with E-state index in [2.05, 4.69) is 10.1 Å². The smallest absolute Gasteiger partial charge is 0.262 e. The van der Waals surface area contributed by atoms with Crippen LogP contribution in [0.2, 0.25) is 0 Å². The zero-order chi connectivity index (χ0) is 23.8. The molecule has 0 radical (unpaired) electrons. The molecule has 0 bridgehead atoms. The van der Waals surface area contributed by atoms with Crippen LogP contribution in [0.15, 0.2) is 38.5 Å². The first-order valence-electron chi connectivity index (χ1n) is 10.6. The van der Waals surface area contributed by atoms with Gasteiger partial charge in [-0.1, -0.05) is 17.3 Å². The molecule has 33 heavy (non-hydrogen) atoms. The SMILES string of the molecule is Cc1noc(C)c1S(=O)(=O)N1CCCN(C(=O)CCn2c(=S)[nH]c3ccccc3c2=O)CC1. The van der Waals surface area contributed by atoms with E-state index in [0.717, 1.165) is 0 Å². The number of rotatable bonds is 5. The molecule has 1 amide bonds. The molecule has 0 unspecified atom stereocenters. The molecule has 0 saturated carbocycles. The zero-order valence-electron chi connectivity index (χ0n) is 18.4. The van der Waals surface area contributed by atoms with Crippen molar-refractivity contribution in [2.75, 3.05) is 26.2 Å². The molecule has 3 heterocycles. The number of nitrogens with one attached hydrogen (secondary N) is 1. The van der Waals surface area contributed by atoms with Crippen LogP contribution in [0.5, 0.6) is 0 Å². The number of aromatic nitrogens is 3. The lowest BCUT2D eigenvalue weighted by molar-refractivity contribution is -0.131. The fraction of sp³-hybridized carbons (Fsp3) is 0.429. The fourth-order valence-electron chi connectivity index (χ4n) is 4.12. The second kappa shape index (κ2) is 9.20. The lowest BCUT2D eigenvalue weighted by Gasteiger charge is -2.22. The van der Waals surface area contributed by atoms with Crippen LogP contribution in [0, 0.1) is 18.6 Å². The monoisotopic (exact) mass is 491 g/mol. The first kappa shape index (κ1) is 23.3. The molecule has 2 aromatic heterocycles. The first-order chi connectivity index (χ1) is 15.7. The summed E-state index contributed by atoms with van der Waals surface area (Å²) in [5.74, 6) is 0.100. The van der Waals surface area contributed by atoms with Crippen LogP contribution >= 0.6 is 12.2 Å². The Kier molecular flexibility index (Phi) is 6.50. The van der Waals surface area contributed by atoms with Crippen molar-refractivity contribution in [1.29, 1.82) is 0 Å². The number of hydrogen-bond acceptors (Lipinski definition) is 7. The highest BCUT2D eigenvalue weighted by Crippen LogP contribution is 2.24. The number of carbonyl (C=O) groups is 1. The van der Waals surface area contributed by atoms with Gasteiger partial charge in [0.05, 0.1) is 10.9 Å². The van der Waals surface area contributed by atoms with E-state index in [1.807, 2.05) is 6.07 Å². The number of para-hydroxylation sites is 1. The third-order valence-electron chi connectivity index (χ3n) is 5.81. The minimum Gasteiger partial charge on any atom is -0.360 e. The van der Waals surface area contributed by atoms with Crippen LogP contribution in [-0.4, -0.2) is 64.4 Å². The van der Waals surface area contributed by atoms with Gasteiger partial charge in [0.15, 0.2) is 10.5 Å². The molecule has 0 atom stereocenters. The molecule has 0 spiro atoms. The predicted octanol–water partition coefficient (Wildman–Crippen LogP) is 1.98. The van der Waals surface area contributed by atoms with E-state index >= 15 is 0 Å². The molecule has 1 saturated heterocycles. The normalized spacial score (nSPS) is 15.6. The summed E-state index contributed by atoms with van der Waals surface area (Å²) in [6.45, 7) is 4.48. The van der Waals surface area contributed by atoms with Crippen molar-refractivity contribution in [2.45, 2.75) is 38.1 Å². The van der Waals surface area contributed by atoms with E-state index in [0.29, 0.717) is 36.1 Å². The summed E-state index contributed by atoms with van der Waals surface area (Å²) in [4.78, 5) is 30.4. The molecule has 0 aliphatic carbocycles. The molecule has 12 heteroatoms. The number of hydrogen-bond donors (Lipinski definition) is 1. The largest absolute Gasteiger partial charge is 0.360 e. The van der Waals surface area contributed by atoms with Gasteiger partial charge in [0, 0.05) is 39.1 Å². The summed E-state index contributed by atoms with van der Waals surface area (Å²) >= 11 is 5.31. The van der Waals surface area contributed by atoms with E-state index in [-0.39, 0.29) is 52.9 Å². The molecular weight excluding hydrogens is 466 g/mol. The molecular formula is C21H25N5O5S2. The summed E-state index contributed by atoms with van der Waals surface area (Å²) in [5.41, 5.74) is 0.735. The van der Waals surface area contributed by atoms with Crippen LogP contribution in [0.1, 0.15) is 24.3 Å². The van der Waals surface area contributed by atoms with Crippen LogP contribution in [-0.2, 0) is 21.4 Å². The number of carbonyl (C=O) groups excluding carboxylic acids is 1. The number of H-pyrrole nitrogens is 1. The van der Waals surface area contributed by atoms with Crippen molar-refractivity contribution in [1.82, 2.24) is 23.9 Å². The van der Waals surface area contributed by atoms with Gasteiger partial charge >= 0.3 is 0 Å². The Hall–Kier alpha value is -2.83. The maximum absolute atomic E-state index is 13.1. The number of fused-ring (bicyclic) bond motifs is 1. The Morgan fingerprint density at radius 1 is 1.18 bits per heavy atom. The highest BCUT2D eigenvalue weighted by Gasteiger charge is 2.32. The zero-order valence-corrected chi connectivity index (χ0v) is 20.0. The maximum Gasteiger partial charge on any atom is 0.262 e. The third-order valence-corrected chi connectivity index (χ3v) is 8.28. The van der Waals surface area contributed by atoms with Crippen molar-refractivity contribution in [2.24, 2.45) is 0 Å². The minimum atomic E-state index is -3.76. The van der Waals surface area contributed by atoms with E-state index in [1.54, 1.807) is 36.9 Å². The molecule has 1 fully saturated rings. The Morgan fingerprint density at radius 3 is 2.67 bits per heavy atom. The van der Waals surface area contributed by atoms with Crippen LogP contribution in [0.4, 0.5) is 0 Å². The Labute approximate surface area is 195 Å². The predicted molar refractivity (Wildman–Crippen MR) is 124 cm³/mol. The summed E-state index contributed by atoms with van der Waals surface area (Å²) < 4.78 is 34.2. The number of benzene rings is 1. The highest BCUT2D eigenvalue weighted by atomic mass is 32.2. The molecule has 1 aromatic carbocycles. The van der Waals surface area contributed by atoms with Crippen molar-refractivity contribution in [3.8, 4) is 0 Å². The van der Waals surface area contributed by atoms with Gasteiger partial charge < -0.3 is 14.4 Å². The van der Waals surface area contributed by atoms with Gasteiger partial charge in [-0.2, -0.15) is 4.31 Å². The minimum absolute atomic E-state index is 0.0896. The second-order valence-electron chi connectivity index (χ2n) is 7.97. The Morgan fingerprint density at radius 2 is 1.94 bits per heavy atom. The van der Waals surface area contributed by atoms with E-state index < -0.39 is 10.0 Å². The maximum atomic E-state index is 13.1. The van der Waals surface area contributed by atoms with Gasteiger partial charge in [0.25, 0.3) is 5.56 Å². The fourth-order valence-corrected chi connectivity index (χ4v) is 6.17. The van der Waals surface area contributed by atoms with Crippen LogP contribution in [0.3, 0.4) is 0 Å². The number of amides is 1. The van der Waals surface area contributed by atoms with E-state index in [9.17, 15) is 18.0 Å². The van der Waals surface area contributed by atoms with E-state index in [1.165, 1.54) is 8.87 Å². The van der Waals surface area contributed by atoms with Crippen LogP contribution < -0.4 is 5.56 Å². The molecule has 1 aliphatic heterocycles. The van der Waals surface area contributed by atoms with Crippen molar-refractivity contribution >= 4 is 39.1 Å². The van der Waals surface area contributed by atoms with Gasteiger partial charge in [0.1, 0.15) is 10.6 Å². The quantitative estimate of drug-likeness (QED) is 0.542. The van der Waals surface area contributed by atoms with Gasteiger partial charge in [0.2, 0.25) is 15.9 Å². The van der Waals surface area contributed by atoms with Crippen molar-refractivity contribution in [3.63, 3.8) is 0 Å². The van der Waals surface area contributed by atoms with Crippen molar-refractivity contribution in [3.05, 3.63) is 50.8 Å². The number of sulfonamides is 1. The highest BCUT2D eigenvalue weighted by molar-refractivity contribution is 7.89. The number of nitrogens with zero attached hydrogens (tertiary/aromatic N) is 4. The molecule has 176 valence electrons. The summed E-state index contributed by atoms with van der Waals surface area (Å²) in [6.07, 6.45) is 0.594. The topological polar surface area (TPSA) is 122 Å². The lowest BCUT2D eigenvalue weighted by atomic mass is 10.2. The lowest BCUT2D eigenvalue weighted by Crippen LogP contribution is -2.38. The molecule has 1 N–H and O–H groups in total. The van der Waals surface area contributed by atoms with Crippen LogP contribution in [0.25, 0.3) is 10.9 Å². The summed E-state index contributed by atoms with van der Waals surface area (Å²) in [6, 6.07) is 7.08. The summed E-state index contributed by atoms with van der Waals surface area (Å²) in [7, 11) is -3.76. The second-order valence-corrected chi connectivity index (χ2v) is 10.2. The summed E-state index contributed by atoms with van der Waals surface area (Å²) in [5, 5.41) is 4.25. The average molecular weight is 492 g/mol. The average Bonchev–Trinajstić information content (AvgIpc) is 2.97. The van der Waals surface area contributed by atoms with Gasteiger partial charge in [-0.15, -0.1) is 0 Å². The van der Waals surface area contributed by atoms with E-state index in [4.69, 9.17) is 16.7 Å². The molecule has 10 nitrogen and oxygen atoms in total. The standard InChI is InChI=1S/C21H25N5O5S2/c1-14-19(15(2)31-23-14)33(29,30)25-10-5-9-24(12-13-25)18(27)8-11-26-20(28)16-6-3-4-7-17(16)22-21(26)32/h3-4,6-7H,5,8-13H2,1-2H3,(H,22,32).